The number of carbonyl (C=O) groups excluding carboxylic acids is 1. The van der Waals surface area contributed by atoms with Crippen LogP contribution in [0, 0.1) is 0 Å². The van der Waals surface area contributed by atoms with Crippen LogP contribution < -0.4 is 5.32 Å². The van der Waals surface area contributed by atoms with E-state index in [0.717, 1.165) is 18.5 Å². The topological polar surface area (TPSA) is 32.3 Å². The minimum Gasteiger partial charge on any atom is -0.353 e. The van der Waals surface area contributed by atoms with E-state index in [1.807, 2.05) is 20.2 Å². The third kappa shape index (κ3) is 6.10. The van der Waals surface area contributed by atoms with Crippen LogP contribution >= 0.6 is 23.2 Å². The summed E-state index contributed by atoms with van der Waals surface area (Å²) >= 11 is 11.9. The van der Waals surface area contributed by atoms with E-state index in [-0.39, 0.29) is 5.91 Å². The summed E-state index contributed by atoms with van der Waals surface area (Å²) < 4.78 is 0. The number of amides is 1. The van der Waals surface area contributed by atoms with Crippen LogP contribution in [0.15, 0.2) is 24.3 Å². The number of hydrogen-bond acceptors (Lipinski definition) is 2. The molecule has 5 heteroatoms. The van der Waals surface area contributed by atoms with Crippen molar-refractivity contribution < 1.29 is 4.79 Å². The fourth-order valence-electron chi connectivity index (χ4n) is 1.48. The van der Waals surface area contributed by atoms with Gasteiger partial charge in [-0.25, -0.2) is 0 Å². The molecule has 0 aliphatic carbocycles. The first-order valence-corrected chi connectivity index (χ1v) is 6.81. The molecule has 0 unspecified atom stereocenters. The molecule has 0 bridgehead atoms. The Labute approximate surface area is 124 Å². The van der Waals surface area contributed by atoms with Gasteiger partial charge in [0, 0.05) is 12.6 Å². The van der Waals surface area contributed by atoms with Crippen molar-refractivity contribution in [2.45, 2.75) is 6.42 Å². The van der Waals surface area contributed by atoms with E-state index in [9.17, 15) is 4.79 Å². The summed E-state index contributed by atoms with van der Waals surface area (Å²) in [5.74, 6) is -0.130. The van der Waals surface area contributed by atoms with Gasteiger partial charge in [0.25, 0.3) is 0 Å². The standard InChI is InChI=1S/C14H18Cl2N2O/c1-18(2)10-4-9-17-13(19)8-7-11-5-3-6-12(15)14(11)16/h3,5-8H,4,9-10H2,1-2H3,(H,17,19)/b8-7+. The van der Waals surface area contributed by atoms with Crippen LogP contribution in [0.2, 0.25) is 10.0 Å². The molecule has 1 amide bonds. The molecule has 1 rings (SSSR count). The zero-order chi connectivity index (χ0) is 14.3. The molecule has 1 aromatic carbocycles. The van der Waals surface area contributed by atoms with Crippen LogP contribution in [-0.4, -0.2) is 38.0 Å². The summed E-state index contributed by atoms with van der Waals surface area (Å²) in [6, 6.07) is 5.31. The first kappa shape index (κ1) is 16.0. The normalized spacial score (nSPS) is 11.2. The number of halogens is 2. The highest BCUT2D eigenvalue weighted by Gasteiger charge is 2.01. The van der Waals surface area contributed by atoms with Gasteiger partial charge in [-0.15, -0.1) is 0 Å². The molecule has 0 aliphatic heterocycles. The van der Waals surface area contributed by atoms with Gasteiger partial charge in [-0.3, -0.25) is 4.79 Å². The van der Waals surface area contributed by atoms with Crippen molar-refractivity contribution in [2.24, 2.45) is 0 Å². The molecule has 1 aromatic rings. The first-order chi connectivity index (χ1) is 9.00. The lowest BCUT2D eigenvalue weighted by atomic mass is 10.2. The molecular weight excluding hydrogens is 283 g/mol. The van der Waals surface area contributed by atoms with Gasteiger partial charge < -0.3 is 10.2 Å². The van der Waals surface area contributed by atoms with E-state index in [2.05, 4.69) is 10.2 Å². The third-order valence-corrected chi connectivity index (χ3v) is 3.31. The lowest BCUT2D eigenvalue weighted by Gasteiger charge is -2.08. The van der Waals surface area contributed by atoms with E-state index in [1.165, 1.54) is 6.08 Å². The largest absolute Gasteiger partial charge is 0.353 e. The Bertz CT molecular complexity index is 459. The number of carbonyl (C=O) groups is 1. The number of hydrogen-bond donors (Lipinski definition) is 1. The summed E-state index contributed by atoms with van der Waals surface area (Å²) in [5, 5.41) is 3.75. The summed E-state index contributed by atoms with van der Waals surface area (Å²) in [7, 11) is 4.01. The average Bonchev–Trinajstić information content (AvgIpc) is 2.36. The Morgan fingerprint density at radius 1 is 1.37 bits per heavy atom. The predicted molar refractivity (Wildman–Crippen MR) is 81.7 cm³/mol. The van der Waals surface area contributed by atoms with Crippen LogP contribution in [0.3, 0.4) is 0 Å². The van der Waals surface area contributed by atoms with Gasteiger partial charge in [0.05, 0.1) is 10.0 Å². The maximum Gasteiger partial charge on any atom is 0.244 e. The second kappa shape index (κ2) is 8.20. The molecule has 104 valence electrons. The van der Waals surface area contributed by atoms with Crippen LogP contribution in [0.1, 0.15) is 12.0 Å². The molecule has 0 saturated carbocycles. The molecule has 0 spiro atoms. The van der Waals surface area contributed by atoms with Gasteiger partial charge in [-0.1, -0.05) is 35.3 Å². The summed E-state index contributed by atoms with van der Waals surface area (Å²) in [4.78, 5) is 13.6. The van der Waals surface area contributed by atoms with Gasteiger partial charge in [0.15, 0.2) is 0 Å². The van der Waals surface area contributed by atoms with E-state index in [1.54, 1.807) is 18.2 Å². The highest BCUT2D eigenvalue weighted by molar-refractivity contribution is 6.42. The Balaban J connectivity index is 2.43. The molecule has 19 heavy (non-hydrogen) atoms. The van der Waals surface area contributed by atoms with Crippen molar-refractivity contribution in [1.82, 2.24) is 10.2 Å². The fraction of sp³-hybridized carbons (Fsp3) is 0.357. The van der Waals surface area contributed by atoms with Gasteiger partial charge >= 0.3 is 0 Å². The lowest BCUT2D eigenvalue weighted by molar-refractivity contribution is -0.116. The summed E-state index contributed by atoms with van der Waals surface area (Å²) in [6.45, 7) is 1.61. The monoisotopic (exact) mass is 300 g/mol. The minimum absolute atomic E-state index is 0.130. The maximum absolute atomic E-state index is 11.6. The van der Waals surface area contributed by atoms with Crippen LogP contribution in [0.4, 0.5) is 0 Å². The zero-order valence-corrected chi connectivity index (χ0v) is 12.6. The summed E-state index contributed by atoms with van der Waals surface area (Å²) in [5.41, 5.74) is 0.734. The van der Waals surface area contributed by atoms with Crippen LogP contribution in [0.25, 0.3) is 6.08 Å². The highest BCUT2D eigenvalue weighted by atomic mass is 35.5. The molecule has 0 radical (unpaired) electrons. The lowest BCUT2D eigenvalue weighted by Crippen LogP contribution is -2.25. The molecule has 1 N–H and O–H groups in total. The van der Waals surface area contributed by atoms with Crippen LogP contribution in [0.5, 0.6) is 0 Å². The van der Waals surface area contributed by atoms with Gasteiger partial charge in [0.2, 0.25) is 5.91 Å². The fourth-order valence-corrected chi connectivity index (χ4v) is 1.85. The molecule has 0 atom stereocenters. The van der Waals surface area contributed by atoms with Crippen molar-refractivity contribution in [3.8, 4) is 0 Å². The van der Waals surface area contributed by atoms with Crippen LogP contribution in [-0.2, 0) is 4.79 Å². The third-order valence-electron chi connectivity index (χ3n) is 2.48. The van der Waals surface area contributed by atoms with E-state index in [0.29, 0.717) is 16.6 Å². The quantitative estimate of drug-likeness (QED) is 0.647. The van der Waals surface area contributed by atoms with Crippen molar-refractivity contribution in [3.63, 3.8) is 0 Å². The summed E-state index contributed by atoms with van der Waals surface area (Å²) in [6.07, 6.45) is 4.05. The zero-order valence-electron chi connectivity index (χ0n) is 11.1. The average molecular weight is 301 g/mol. The van der Waals surface area contributed by atoms with Crippen molar-refractivity contribution in [2.75, 3.05) is 27.2 Å². The molecule has 3 nitrogen and oxygen atoms in total. The van der Waals surface area contributed by atoms with Gasteiger partial charge in [-0.2, -0.15) is 0 Å². The molecular formula is C14H18Cl2N2O. The van der Waals surface area contributed by atoms with E-state index >= 15 is 0 Å². The second-order valence-electron chi connectivity index (χ2n) is 4.42. The van der Waals surface area contributed by atoms with Crippen molar-refractivity contribution in [1.29, 1.82) is 0 Å². The van der Waals surface area contributed by atoms with Gasteiger partial charge in [0.1, 0.15) is 0 Å². The number of benzene rings is 1. The maximum atomic E-state index is 11.6. The second-order valence-corrected chi connectivity index (χ2v) is 5.21. The molecule has 0 fully saturated rings. The van der Waals surface area contributed by atoms with Gasteiger partial charge in [-0.05, 0) is 44.8 Å². The molecule has 0 heterocycles. The Hall–Kier alpha value is -1.03. The number of rotatable bonds is 6. The molecule has 0 aromatic heterocycles. The Kier molecular flexibility index (Phi) is 6.92. The van der Waals surface area contributed by atoms with E-state index < -0.39 is 0 Å². The minimum atomic E-state index is -0.130. The Morgan fingerprint density at radius 2 is 2.11 bits per heavy atom. The first-order valence-electron chi connectivity index (χ1n) is 6.05. The smallest absolute Gasteiger partial charge is 0.244 e. The van der Waals surface area contributed by atoms with Crippen molar-refractivity contribution >= 4 is 35.2 Å². The number of nitrogens with zero attached hydrogens (tertiary/aromatic N) is 1. The SMILES string of the molecule is CN(C)CCCNC(=O)/C=C/c1cccc(Cl)c1Cl. The van der Waals surface area contributed by atoms with E-state index in [4.69, 9.17) is 23.2 Å². The Morgan fingerprint density at radius 3 is 2.79 bits per heavy atom. The highest BCUT2D eigenvalue weighted by Crippen LogP contribution is 2.26. The number of nitrogens with one attached hydrogen (secondary N) is 1. The molecule has 0 aliphatic rings. The molecule has 0 saturated heterocycles. The predicted octanol–water partition coefficient (Wildman–Crippen LogP) is 3.07. The van der Waals surface area contributed by atoms with Crippen molar-refractivity contribution in [3.05, 3.63) is 39.9 Å².